The number of methoxy groups -OCH3 is 1. The fourth-order valence-electron chi connectivity index (χ4n) is 3.90. The topological polar surface area (TPSA) is 97.5 Å². The average molecular weight is 459 g/mol. The smallest absolute Gasteiger partial charge is 0.243 e. The number of likely N-dealkylation sites (tertiary alicyclic amines) is 1. The van der Waals surface area contributed by atoms with Crippen LogP contribution in [-0.4, -0.2) is 53.5 Å². The summed E-state index contributed by atoms with van der Waals surface area (Å²) in [6.45, 7) is 10.1. The lowest BCUT2D eigenvalue weighted by Crippen LogP contribution is -2.55. The fraction of sp³-hybridized carbons (Fsp3) is 0.542. The number of benzene rings is 1. The fourth-order valence-corrected chi connectivity index (χ4v) is 4.72. The Hall–Kier alpha value is -2.29. The molecule has 1 aliphatic rings. The standard InChI is InChI=1S/C24H34N4O3S/c1-14(16-7-9-17(10-8-16)20-15(2)26-13-32-20)27-22(29)19-11-18(31-6)12-28(19)23(30)21(25)24(3,4)5/h7-10,13-14,18-19,21H,11-12,25H2,1-6H3,(H,27,29)/t14-,18+,19-,21?/m0/s1. The van der Waals surface area contributed by atoms with Crippen molar-refractivity contribution in [3.8, 4) is 10.4 Å². The average Bonchev–Trinajstić information content (AvgIpc) is 3.38. The molecule has 174 valence electrons. The van der Waals surface area contributed by atoms with E-state index in [4.69, 9.17) is 10.5 Å². The third kappa shape index (κ3) is 5.19. The number of hydrogen-bond acceptors (Lipinski definition) is 6. The van der Waals surface area contributed by atoms with Gasteiger partial charge in [-0.2, -0.15) is 0 Å². The van der Waals surface area contributed by atoms with Crippen LogP contribution in [0.4, 0.5) is 0 Å². The Kier molecular flexibility index (Phi) is 7.37. The Morgan fingerprint density at radius 3 is 2.47 bits per heavy atom. The number of amides is 2. The molecule has 2 heterocycles. The largest absolute Gasteiger partial charge is 0.380 e. The van der Waals surface area contributed by atoms with Crippen molar-refractivity contribution in [2.75, 3.05) is 13.7 Å². The second-order valence-corrected chi connectivity index (χ2v) is 10.4. The van der Waals surface area contributed by atoms with E-state index in [1.165, 1.54) is 0 Å². The molecular formula is C24H34N4O3S. The maximum absolute atomic E-state index is 13.2. The summed E-state index contributed by atoms with van der Waals surface area (Å²) in [5, 5.41) is 3.07. The van der Waals surface area contributed by atoms with Crippen molar-refractivity contribution in [1.82, 2.24) is 15.2 Å². The van der Waals surface area contributed by atoms with Crippen molar-refractivity contribution in [1.29, 1.82) is 0 Å². The number of aromatic nitrogens is 1. The summed E-state index contributed by atoms with van der Waals surface area (Å²) in [5.74, 6) is -0.400. The minimum Gasteiger partial charge on any atom is -0.380 e. The SMILES string of the molecule is CO[C@@H]1C[C@@H](C(=O)N[C@@H](C)c2ccc(-c3scnc3C)cc2)N(C(=O)C(N)C(C)(C)C)C1. The number of thiazole rings is 1. The van der Waals surface area contributed by atoms with Crippen LogP contribution >= 0.6 is 11.3 Å². The summed E-state index contributed by atoms with van der Waals surface area (Å²) in [7, 11) is 1.60. The van der Waals surface area contributed by atoms with Crippen LogP contribution in [0.2, 0.25) is 0 Å². The summed E-state index contributed by atoms with van der Waals surface area (Å²) in [6.07, 6.45) is 0.278. The lowest BCUT2D eigenvalue weighted by atomic mass is 9.86. The van der Waals surface area contributed by atoms with Gasteiger partial charge in [0.2, 0.25) is 11.8 Å². The van der Waals surface area contributed by atoms with Crippen molar-refractivity contribution in [2.45, 2.75) is 65.3 Å². The zero-order valence-corrected chi connectivity index (χ0v) is 20.5. The van der Waals surface area contributed by atoms with E-state index in [1.807, 2.05) is 64.4 Å². The highest BCUT2D eigenvalue weighted by Crippen LogP contribution is 2.29. The number of carbonyl (C=O) groups excluding carboxylic acids is 2. The Morgan fingerprint density at radius 2 is 1.94 bits per heavy atom. The van der Waals surface area contributed by atoms with E-state index in [0.717, 1.165) is 21.7 Å². The zero-order chi connectivity index (χ0) is 23.6. The number of aryl methyl sites for hydroxylation is 1. The van der Waals surface area contributed by atoms with Gasteiger partial charge in [-0.1, -0.05) is 45.0 Å². The van der Waals surface area contributed by atoms with Crippen molar-refractivity contribution < 1.29 is 14.3 Å². The first-order valence-electron chi connectivity index (χ1n) is 10.9. The molecule has 0 saturated carbocycles. The minimum absolute atomic E-state index is 0.181. The molecule has 1 unspecified atom stereocenters. The maximum Gasteiger partial charge on any atom is 0.243 e. The second-order valence-electron chi connectivity index (χ2n) is 9.56. The van der Waals surface area contributed by atoms with Crippen LogP contribution in [0.25, 0.3) is 10.4 Å². The molecule has 1 aliphatic heterocycles. The Bertz CT molecular complexity index is 951. The molecule has 0 aliphatic carbocycles. The first kappa shape index (κ1) is 24.4. The van der Waals surface area contributed by atoms with Gasteiger partial charge in [0, 0.05) is 20.1 Å². The van der Waals surface area contributed by atoms with Gasteiger partial charge in [-0.15, -0.1) is 11.3 Å². The zero-order valence-electron chi connectivity index (χ0n) is 19.7. The number of carbonyl (C=O) groups is 2. The van der Waals surface area contributed by atoms with Gasteiger partial charge in [-0.05, 0) is 30.4 Å². The van der Waals surface area contributed by atoms with E-state index >= 15 is 0 Å². The molecule has 0 spiro atoms. The van der Waals surface area contributed by atoms with E-state index < -0.39 is 17.5 Å². The van der Waals surface area contributed by atoms with Gasteiger partial charge in [0.05, 0.1) is 34.3 Å². The molecule has 3 rings (SSSR count). The van der Waals surface area contributed by atoms with Gasteiger partial charge in [0.25, 0.3) is 0 Å². The maximum atomic E-state index is 13.2. The van der Waals surface area contributed by atoms with Crippen LogP contribution in [-0.2, 0) is 14.3 Å². The highest BCUT2D eigenvalue weighted by molar-refractivity contribution is 7.13. The van der Waals surface area contributed by atoms with Crippen LogP contribution < -0.4 is 11.1 Å². The monoisotopic (exact) mass is 458 g/mol. The molecule has 1 fully saturated rings. The molecule has 2 amide bonds. The Balaban J connectivity index is 1.71. The molecule has 1 saturated heterocycles. The van der Waals surface area contributed by atoms with E-state index in [1.54, 1.807) is 23.3 Å². The summed E-state index contributed by atoms with van der Waals surface area (Å²) < 4.78 is 5.47. The molecule has 0 bridgehead atoms. The number of nitrogens with one attached hydrogen (secondary N) is 1. The predicted octanol–water partition coefficient (Wildman–Crippen LogP) is 3.29. The third-order valence-electron chi connectivity index (χ3n) is 6.16. The molecular weight excluding hydrogens is 424 g/mol. The molecule has 4 atom stereocenters. The van der Waals surface area contributed by atoms with Crippen molar-refractivity contribution in [3.63, 3.8) is 0 Å². The van der Waals surface area contributed by atoms with Gasteiger partial charge in [-0.3, -0.25) is 9.59 Å². The minimum atomic E-state index is -0.687. The van der Waals surface area contributed by atoms with E-state index in [0.29, 0.717) is 13.0 Å². The van der Waals surface area contributed by atoms with Gasteiger partial charge in [0.15, 0.2) is 0 Å². The Morgan fingerprint density at radius 1 is 1.28 bits per heavy atom. The van der Waals surface area contributed by atoms with Gasteiger partial charge >= 0.3 is 0 Å². The molecule has 8 heteroatoms. The van der Waals surface area contributed by atoms with Crippen molar-refractivity contribution in [3.05, 3.63) is 41.0 Å². The van der Waals surface area contributed by atoms with Crippen LogP contribution in [0, 0.1) is 12.3 Å². The highest BCUT2D eigenvalue weighted by atomic mass is 32.1. The number of nitrogens with zero attached hydrogens (tertiary/aromatic N) is 2. The molecule has 32 heavy (non-hydrogen) atoms. The van der Waals surface area contributed by atoms with Gasteiger partial charge < -0.3 is 20.7 Å². The summed E-state index contributed by atoms with van der Waals surface area (Å²) in [6, 6.07) is 6.65. The highest BCUT2D eigenvalue weighted by Gasteiger charge is 2.43. The molecule has 1 aromatic carbocycles. The molecule has 7 nitrogen and oxygen atoms in total. The lowest BCUT2D eigenvalue weighted by molar-refractivity contribution is -0.141. The second kappa shape index (κ2) is 9.68. The molecule has 3 N–H and O–H groups in total. The van der Waals surface area contributed by atoms with Crippen LogP contribution in [0.1, 0.15) is 51.4 Å². The molecule has 1 aromatic heterocycles. The number of hydrogen-bond donors (Lipinski definition) is 2. The molecule has 2 aromatic rings. The summed E-state index contributed by atoms with van der Waals surface area (Å²) >= 11 is 1.61. The van der Waals surface area contributed by atoms with Crippen molar-refractivity contribution >= 4 is 23.2 Å². The third-order valence-corrected chi connectivity index (χ3v) is 7.14. The predicted molar refractivity (Wildman–Crippen MR) is 127 cm³/mol. The van der Waals surface area contributed by atoms with Crippen LogP contribution in [0.15, 0.2) is 29.8 Å². The summed E-state index contributed by atoms with van der Waals surface area (Å²) in [4.78, 5) is 33.3. The van der Waals surface area contributed by atoms with Crippen molar-refractivity contribution in [2.24, 2.45) is 11.1 Å². The summed E-state index contributed by atoms with van der Waals surface area (Å²) in [5.41, 5.74) is 10.8. The van der Waals surface area contributed by atoms with E-state index in [2.05, 4.69) is 10.3 Å². The normalized spacial score (nSPS) is 20.8. The van der Waals surface area contributed by atoms with Crippen LogP contribution in [0.5, 0.6) is 0 Å². The van der Waals surface area contributed by atoms with E-state index in [-0.39, 0.29) is 24.0 Å². The quantitative estimate of drug-likeness (QED) is 0.692. The van der Waals surface area contributed by atoms with E-state index in [9.17, 15) is 9.59 Å². The number of rotatable bonds is 6. The van der Waals surface area contributed by atoms with Crippen LogP contribution in [0.3, 0.4) is 0 Å². The lowest BCUT2D eigenvalue weighted by Gasteiger charge is -2.32. The first-order chi connectivity index (χ1) is 15.0. The molecule has 0 radical (unpaired) electrons. The van der Waals surface area contributed by atoms with Gasteiger partial charge in [-0.25, -0.2) is 4.98 Å². The van der Waals surface area contributed by atoms with Gasteiger partial charge in [0.1, 0.15) is 6.04 Å². The number of ether oxygens (including phenoxy) is 1. The first-order valence-corrected chi connectivity index (χ1v) is 11.8. The number of nitrogens with two attached hydrogens (primary N) is 1. The Labute approximate surface area is 194 Å².